The minimum atomic E-state index is 0.820. The first-order chi connectivity index (χ1) is 10.3. The van der Waals surface area contributed by atoms with E-state index in [0.29, 0.717) is 0 Å². The summed E-state index contributed by atoms with van der Waals surface area (Å²) in [7, 11) is 1.72. The van der Waals surface area contributed by atoms with Crippen LogP contribution in [0.2, 0.25) is 0 Å². The van der Waals surface area contributed by atoms with Gasteiger partial charge in [0, 0.05) is 0 Å². The zero-order chi connectivity index (χ0) is 14.4. The molecule has 0 N–H and O–H groups in total. The molecule has 1 heteroatoms. The summed E-state index contributed by atoms with van der Waals surface area (Å²) in [5, 5.41) is 0. The van der Waals surface area contributed by atoms with Crippen LogP contribution in [-0.4, -0.2) is 7.11 Å². The van der Waals surface area contributed by atoms with Crippen LogP contribution >= 0.6 is 0 Å². The van der Waals surface area contributed by atoms with Crippen molar-refractivity contribution in [2.75, 3.05) is 7.11 Å². The molecule has 0 amide bonds. The predicted octanol–water partition coefficient (Wildman–Crippen LogP) is 5.43. The summed E-state index contributed by atoms with van der Waals surface area (Å²) in [5.41, 5.74) is 7.38. The number of ether oxygens (including phenoxy) is 1. The molecule has 0 heterocycles. The SMILES string of the molecule is COc1ccc(-c2cc(C3CC3)cc(C3CC3)c2C)cc1. The van der Waals surface area contributed by atoms with Gasteiger partial charge in [0.05, 0.1) is 7.11 Å². The van der Waals surface area contributed by atoms with Crippen molar-refractivity contribution in [2.45, 2.75) is 44.4 Å². The highest BCUT2D eigenvalue weighted by molar-refractivity contribution is 5.71. The minimum absolute atomic E-state index is 0.820. The second-order valence-corrected chi connectivity index (χ2v) is 6.56. The molecule has 2 saturated carbocycles. The second kappa shape index (κ2) is 4.91. The van der Waals surface area contributed by atoms with Crippen LogP contribution in [0.25, 0.3) is 11.1 Å². The van der Waals surface area contributed by atoms with E-state index in [1.165, 1.54) is 42.4 Å². The first-order valence-corrected chi connectivity index (χ1v) is 8.05. The lowest BCUT2D eigenvalue weighted by atomic mass is 9.90. The largest absolute Gasteiger partial charge is 0.497 e. The van der Waals surface area contributed by atoms with Crippen LogP contribution in [0.4, 0.5) is 0 Å². The maximum atomic E-state index is 5.28. The molecule has 2 aromatic carbocycles. The first kappa shape index (κ1) is 12.9. The number of hydrogen-bond acceptors (Lipinski definition) is 1. The summed E-state index contributed by atoms with van der Waals surface area (Å²) in [6, 6.07) is 13.4. The average molecular weight is 278 g/mol. The fraction of sp³-hybridized carbons (Fsp3) is 0.400. The Morgan fingerprint density at radius 1 is 0.905 bits per heavy atom. The Labute approximate surface area is 127 Å². The molecule has 21 heavy (non-hydrogen) atoms. The van der Waals surface area contributed by atoms with Gasteiger partial charge in [0.15, 0.2) is 0 Å². The molecule has 2 aliphatic carbocycles. The van der Waals surface area contributed by atoms with Crippen molar-refractivity contribution in [2.24, 2.45) is 0 Å². The van der Waals surface area contributed by atoms with Gasteiger partial charge in [-0.3, -0.25) is 0 Å². The van der Waals surface area contributed by atoms with Crippen molar-refractivity contribution in [3.63, 3.8) is 0 Å². The van der Waals surface area contributed by atoms with Crippen LogP contribution < -0.4 is 4.74 Å². The molecular weight excluding hydrogens is 256 g/mol. The predicted molar refractivity (Wildman–Crippen MR) is 87.1 cm³/mol. The molecule has 0 bridgehead atoms. The monoisotopic (exact) mass is 278 g/mol. The maximum absolute atomic E-state index is 5.28. The van der Waals surface area contributed by atoms with Gasteiger partial charge in [-0.1, -0.05) is 24.3 Å². The summed E-state index contributed by atoms with van der Waals surface area (Å²) < 4.78 is 5.28. The van der Waals surface area contributed by atoms with Crippen molar-refractivity contribution in [3.8, 4) is 16.9 Å². The van der Waals surface area contributed by atoms with Crippen LogP contribution in [0.15, 0.2) is 36.4 Å². The van der Waals surface area contributed by atoms with Crippen molar-refractivity contribution in [3.05, 3.63) is 53.1 Å². The van der Waals surface area contributed by atoms with Crippen LogP contribution in [0.1, 0.15) is 54.2 Å². The van der Waals surface area contributed by atoms with Gasteiger partial charge in [-0.2, -0.15) is 0 Å². The Morgan fingerprint density at radius 2 is 1.57 bits per heavy atom. The summed E-state index contributed by atoms with van der Waals surface area (Å²) in [4.78, 5) is 0. The Balaban J connectivity index is 1.81. The van der Waals surface area contributed by atoms with E-state index in [2.05, 4.69) is 43.3 Å². The molecule has 2 aliphatic rings. The van der Waals surface area contributed by atoms with Gasteiger partial charge in [-0.25, -0.2) is 0 Å². The van der Waals surface area contributed by atoms with Gasteiger partial charge >= 0.3 is 0 Å². The normalized spacial score (nSPS) is 17.8. The van der Waals surface area contributed by atoms with Gasteiger partial charge in [0.1, 0.15) is 5.75 Å². The van der Waals surface area contributed by atoms with Crippen molar-refractivity contribution in [1.29, 1.82) is 0 Å². The summed E-state index contributed by atoms with van der Waals surface area (Å²) in [5.74, 6) is 2.57. The second-order valence-electron chi connectivity index (χ2n) is 6.56. The van der Waals surface area contributed by atoms with Gasteiger partial charge < -0.3 is 4.74 Å². The van der Waals surface area contributed by atoms with E-state index in [1.54, 1.807) is 18.2 Å². The first-order valence-electron chi connectivity index (χ1n) is 8.05. The molecule has 108 valence electrons. The highest BCUT2D eigenvalue weighted by atomic mass is 16.5. The maximum Gasteiger partial charge on any atom is 0.118 e. The number of hydrogen-bond donors (Lipinski definition) is 0. The Kier molecular flexibility index (Phi) is 3.02. The van der Waals surface area contributed by atoms with Crippen molar-refractivity contribution < 1.29 is 4.74 Å². The molecular formula is C20H22O. The van der Waals surface area contributed by atoms with Crippen LogP contribution in [0, 0.1) is 6.92 Å². The molecule has 0 atom stereocenters. The Morgan fingerprint density at radius 3 is 2.14 bits per heavy atom. The molecule has 0 unspecified atom stereocenters. The molecule has 0 aromatic heterocycles. The number of benzene rings is 2. The molecule has 0 radical (unpaired) electrons. The van der Waals surface area contributed by atoms with Crippen molar-refractivity contribution >= 4 is 0 Å². The Hall–Kier alpha value is -1.76. The van der Waals surface area contributed by atoms with Crippen LogP contribution in [0.5, 0.6) is 5.75 Å². The van der Waals surface area contributed by atoms with E-state index in [0.717, 1.165) is 17.6 Å². The number of rotatable bonds is 4. The van der Waals surface area contributed by atoms with Gasteiger partial charge in [0.25, 0.3) is 0 Å². The summed E-state index contributed by atoms with van der Waals surface area (Å²) in [6.07, 6.45) is 5.48. The quantitative estimate of drug-likeness (QED) is 0.725. The minimum Gasteiger partial charge on any atom is -0.497 e. The van der Waals surface area contributed by atoms with E-state index in [9.17, 15) is 0 Å². The van der Waals surface area contributed by atoms with Crippen LogP contribution in [0.3, 0.4) is 0 Å². The molecule has 0 aliphatic heterocycles. The lowest BCUT2D eigenvalue weighted by molar-refractivity contribution is 0.415. The third-order valence-corrected chi connectivity index (χ3v) is 4.94. The number of methoxy groups -OCH3 is 1. The molecule has 1 nitrogen and oxygen atoms in total. The third-order valence-electron chi connectivity index (χ3n) is 4.94. The molecule has 0 spiro atoms. The molecule has 4 rings (SSSR count). The summed E-state index contributed by atoms with van der Waals surface area (Å²) in [6.45, 7) is 2.30. The van der Waals surface area contributed by atoms with E-state index in [4.69, 9.17) is 4.74 Å². The Bertz CT molecular complexity index is 661. The lowest BCUT2D eigenvalue weighted by Crippen LogP contribution is -1.94. The average Bonchev–Trinajstić information content (AvgIpc) is 3.40. The third kappa shape index (κ3) is 2.46. The summed E-state index contributed by atoms with van der Waals surface area (Å²) >= 11 is 0. The zero-order valence-electron chi connectivity index (χ0n) is 12.9. The van der Waals surface area contributed by atoms with E-state index < -0.39 is 0 Å². The lowest BCUT2D eigenvalue weighted by Gasteiger charge is -2.15. The van der Waals surface area contributed by atoms with E-state index in [-0.39, 0.29) is 0 Å². The topological polar surface area (TPSA) is 9.23 Å². The fourth-order valence-electron chi connectivity index (χ4n) is 3.30. The highest BCUT2D eigenvalue weighted by Crippen LogP contribution is 2.48. The fourth-order valence-corrected chi connectivity index (χ4v) is 3.30. The van der Waals surface area contributed by atoms with Crippen LogP contribution in [-0.2, 0) is 0 Å². The highest BCUT2D eigenvalue weighted by Gasteiger charge is 2.30. The van der Waals surface area contributed by atoms with Crippen molar-refractivity contribution in [1.82, 2.24) is 0 Å². The molecule has 0 saturated heterocycles. The van der Waals surface area contributed by atoms with E-state index >= 15 is 0 Å². The van der Waals surface area contributed by atoms with Gasteiger partial charge in [-0.05, 0) is 84.4 Å². The van der Waals surface area contributed by atoms with Gasteiger partial charge in [-0.15, -0.1) is 0 Å². The van der Waals surface area contributed by atoms with E-state index in [1.807, 2.05) is 0 Å². The standard InChI is InChI=1S/C20H22O/c1-13-19(15-5-6-15)11-17(14-3-4-14)12-20(13)16-7-9-18(21-2)10-8-16/h7-12,14-15H,3-6H2,1-2H3. The molecule has 2 fully saturated rings. The van der Waals surface area contributed by atoms with Gasteiger partial charge in [0.2, 0.25) is 0 Å². The smallest absolute Gasteiger partial charge is 0.118 e. The molecule has 2 aromatic rings. The zero-order valence-corrected chi connectivity index (χ0v) is 12.9.